The van der Waals surface area contributed by atoms with Gasteiger partial charge in [-0.05, 0) is 23.8 Å². The molecule has 0 amide bonds. The van der Waals surface area contributed by atoms with Crippen molar-refractivity contribution in [2.24, 2.45) is 0 Å². The Morgan fingerprint density at radius 1 is 1.10 bits per heavy atom. The Hall–Kier alpha value is -2.31. The zero-order valence-corrected chi connectivity index (χ0v) is 10.1. The molecule has 0 atom stereocenters. The highest BCUT2D eigenvalue weighted by atomic mass is 19.4. The minimum atomic E-state index is -4.70. The van der Waals surface area contributed by atoms with Crippen molar-refractivity contribution in [3.63, 3.8) is 0 Å². The molecule has 7 heteroatoms. The molecule has 0 aliphatic rings. The fraction of sp³-hybridized carbons (Fsp3) is 0.154. The maximum absolute atomic E-state index is 12.8. The minimum absolute atomic E-state index is 0.281. The molecule has 106 valence electrons. The molecular formula is C13H10F4N2O. The molecule has 1 heterocycles. The highest BCUT2D eigenvalue weighted by molar-refractivity contribution is 5.42. The summed E-state index contributed by atoms with van der Waals surface area (Å²) in [5.74, 6) is -0.889. The summed E-state index contributed by atoms with van der Waals surface area (Å²) in [5.41, 5.74) is 1.27. The number of aromatic nitrogens is 1. The topological polar surface area (TPSA) is 34.1 Å². The summed E-state index contributed by atoms with van der Waals surface area (Å²) in [4.78, 5) is 3.41. The maximum Gasteiger partial charge on any atom is 0.573 e. The molecule has 0 saturated heterocycles. The number of anilines is 1. The monoisotopic (exact) mass is 286 g/mol. The number of hydrogen-bond acceptors (Lipinski definition) is 3. The Kier molecular flexibility index (Phi) is 4.07. The quantitative estimate of drug-likeness (QED) is 0.687. The van der Waals surface area contributed by atoms with Crippen LogP contribution in [-0.4, -0.2) is 11.3 Å². The third-order valence-electron chi connectivity index (χ3n) is 2.38. The van der Waals surface area contributed by atoms with Crippen LogP contribution in [0, 0.1) is 5.95 Å². The van der Waals surface area contributed by atoms with E-state index in [4.69, 9.17) is 0 Å². The van der Waals surface area contributed by atoms with Gasteiger partial charge in [0.05, 0.1) is 0 Å². The van der Waals surface area contributed by atoms with Gasteiger partial charge in [-0.25, -0.2) is 4.98 Å². The summed E-state index contributed by atoms with van der Waals surface area (Å²) < 4.78 is 52.5. The molecule has 2 rings (SSSR count). The predicted molar refractivity (Wildman–Crippen MR) is 64.6 cm³/mol. The highest BCUT2D eigenvalue weighted by Crippen LogP contribution is 2.23. The molecule has 2 aromatic rings. The molecule has 1 aromatic carbocycles. The van der Waals surface area contributed by atoms with Crippen LogP contribution in [0.3, 0.4) is 0 Å². The van der Waals surface area contributed by atoms with Crippen LogP contribution < -0.4 is 10.1 Å². The minimum Gasteiger partial charge on any atom is -0.406 e. The molecule has 0 radical (unpaired) electrons. The number of pyridine rings is 1. The van der Waals surface area contributed by atoms with Crippen LogP contribution >= 0.6 is 0 Å². The van der Waals surface area contributed by atoms with Crippen LogP contribution in [0.1, 0.15) is 5.56 Å². The summed E-state index contributed by atoms with van der Waals surface area (Å²) in [6.07, 6.45) is -3.38. The molecular weight excluding hydrogens is 276 g/mol. The molecule has 0 aliphatic heterocycles. The van der Waals surface area contributed by atoms with Crippen LogP contribution in [0.5, 0.6) is 5.75 Å². The van der Waals surface area contributed by atoms with E-state index < -0.39 is 12.3 Å². The van der Waals surface area contributed by atoms with Gasteiger partial charge in [0.25, 0.3) is 0 Å². The van der Waals surface area contributed by atoms with Crippen molar-refractivity contribution in [2.75, 3.05) is 5.32 Å². The summed E-state index contributed by atoms with van der Waals surface area (Å²) in [6.45, 7) is 0.343. The smallest absolute Gasteiger partial charge is 0.406 e. The third kappa shape index (κ3) is 4.42. The van der Waals surface area contributed by atoms with Crippen molar-refractivity contribution in [3.8, 4) is 5.75 Å². The fourth-order valence-corrected chi connectivity index (χ4v) is 1.53. The molecule has 0 fully saturated rings. The molecule has 0 bridgehead atoms. The third-order valence-corrected chi connectivity index (χ3v) is 2.38. The lowest BCUT2D eigenvalue weighted by molar-refractivity contribution is -0.274. The van der Waals surface area contributed by atoms with E-state index in [1.54, 1.807) is 6.07 Å². The second kappa shape index (κ2) is 5.77. The normalized spacial score (nSPS) is 11.2. The number of alkyl halides is 3. The Morgan fingerprint density at radius 2 is 1.80 bits per heavy atom. The molecule has 1 aromatic heterocycles. The summed E-state index contributed by atoms with van der Waals surface area (Å²) in [7, 11) is 0. The Bertz CT molecular complexity index is 569. The summed E-state index contributed by atoms with van der Waals surface area (Å²) in [5, 5.41) is 2.93. The maximum atomic E-state index is 12.8. The Morgan fingerprint density at radius 3 is 2.40 bits per heavy atom. The van der Waals surface area contributed by atoms with Gasteiger partial charge in [0.2, 0.25) is 5.95 Å². The lowest BCUT2D eigenvalue weighted by Crippen LogP contribution is -2.17. The fourth-order valence-electron chi connectivity index (χ4n) is 1.53. The number of hydrogen-bond donors (Lipinski definition) is 1. The van der Waals surface area contributed by atoms with Crippen molar-refractivity contribution >= 4 is 5.69 Å². The lowest BCUT2D eigenvalue weighted by atomic mass is 10.2. The summed E-state index contributed by atoms with van der Waals surface area (Å²) >= 11 is 0. The van der Waals surface area contributed by atoms with Gasteiger partial charge < -0.3 is 10.1 Å². The van der Waals surface area contributed by atoms with Gasteiger partial charge in [-0.3, -0.25) is 0 Å². The van der Waals surface area contributed by atoms with Gasteiger partial charge in [-0.1, -0.05) is 12.1 Å². The molecule has 20 heavy (non-hydrogen) atoms. The van der Waals surface area contributed by atoms with Crippen LogP contribution in [0.4, 0.5) is 23.2 Å². The first kappa shape index (κ1) is 14.1. The molecule has 0 unspecified atom stereocenters. The van der Waals surface area contributed by atoms with E-state index in [1.807, 2.05) is 0 Å². The zero-order chi connectivity index (χ0) is 14.6. The van der Waals surface area contributed by atoms with Crippen molar-refractivity contribution in [1.82, 2.24) is 4.98 Å². The van der Waals surface area contributed by atoms with Crippen molar-refractivity contribution < 1.29 is 22.3 Å². The van der Waals surface area contributed by atoms with Crippen molar-refractivity contribution in [1.29, 1.82) is 0 Å². The molecule has 0 aliphatic carbocycles. The van der Waals surface area contributed by atoms with Gasteiger partial charge in [-0.2, -0.15) is 4.39 Å². The van der Waals surface area contributed by atoms with Gasteiger partial charge in [0.15, 0.2) is 0 Å². The van der Waals surface area contributed by atoms with Crippen LogP contribution in [0.25, 0.3) is 0 Å². The lowest BCUT2D eigenvalue weighted by Gasteiger charge is -2.10. The van der Waals surface area contributed by atoms with E-state index in [-0.39, 0.29) is 5.75 Å². The van der Waals surface area contributed by atoms with E-state index in [0.29, 0.717) is 12.2 Å². The van der Waals surface area contributed by atoms with Gasteiger partial charge in [0.1, 0.15) is 5.75 Å². The number of halogens is 4. The zero-order valence-electron chi connectivity index (χ0n) is 10.1. The molecule has 0 saturated carbocycles. The van der Waals surface area contributed by atoms with Gasteiger partial charge >= 0.3 is 6.36 Å². The average molecular weight is 286 g/mol. The van der Waals surface area contributed by atoms with Crippen molar-refractivity contribution in [3.05, 3.63) is 54.1 Å². The standard InChI is InChI=1S/C13H10F4N2O/c14-12-7-10(5-6-18-12)19-8-9-1-3-11(4-2-9)20-13(15,16)17/h1-7H,8H2,(H,18,19). The number of rotatable bonds is 4. The second-order valence-corrected chi connectivity index (χ2v) is 3.91. The largest absolute Gasteiger partial charge is 0.573 e. The molecule has 3 nitrogen and oxygen atoms in total. The van der Waals surface area contributed by atoms with Crippen LogP contribution in [-0.2, 0) is 6.54 Å². The van der Waals surface area contributed by atoms with Crippen LogP contribution in [0.2, 0.25) is 0 Å². The van der Waals surface area contributed by atoms with Gasteiger partial charge in [0, 0.05) is 24.5 Å². The molecule has 1 N–H and O–H groups in total. The summed E-state index contributed by atoms with van der Waals surface area (Å²) in [6, 6.07) is 8.23. The first-order valence-electron chi connectivity index (χ1n) is 5.62. The average Bonchev–Trinajstić information content (AvgIpc) is 2.36. The number of nitrogens with zero attached hydrogens (tertiary/aromatic N) is 1. The van der Waals surface area contributed by atoms with E-state index >= 15 is 0 Å². The van der Waals surface area contributed by atoms with E-state index in [2.05, 4.69) is 15.0 Å². The van der Waals surface area contributed by atoms with E-state index in [9.17, 15) is 17.6 Å². The number of nitrogens with one attached hydrogen (secondary N) is 1. The first-order valence-corrected chi connectivity index (χ1v) is 5.62. The Balaban J connectivity index is 1.94. The second-order valence-electron chi connectivity index (χ2n) is 3.91. The number of benzene rings is 1. The van der Waals surface area contributed by atoms with Crippen LogP contribution in [0.15, 0.2) is 42.6 Å². The van der Waals surface area contributed by atoms with E-state index in [0.717, 1.165) is 5.56 Å². The van der Waals surface area contributed by atoms with Crippen molar-refractivity contribution in [2.45, 2.75) is 12.9 Å². The van der Waals surface area contributed by atoms with E-state index in [1.165, 1.54) is 36.5 Å². The van der Waals surface area contributed by atoms with Gasteiger partial charge in [-0.15, -0.1) is 13.2 Å². The molecule has 0 spiro atoms. The predicted octanol–water partition coefficient (Wildman–Crippen LogP) is 3.73. The highest BCUT2D eigenvalue weighted by Gasteiger charge is 2.30. The first-order chi connectivity index (χ1) is 9.42. The Labute approximate surface area is 112 Å². The number of ether oxygens (including phenoxy) is 1. The SMILES string of the molecule is Fc1cc(NCc2ccc(OC(F)(F)F)cc2)ccn1.